The average Bonchev–Trinajstić information content (AvgIpc) is 0.845. The number of aryl methyl sites for hydroxylation is 3. The van der Waals surface area contributed by atoms with Gasteiger partial charge in [-0.15, -0.1) is 0 Å². The van der Waals surface area contributed by atoms with Gasteiger partial charge >= 0.3 is 48.0 Å². The van der Waals surface area contributed by atoms with E-state index in [1.54, 1.807) is 104 Å². The first-order chi connectivity index (χ1) is 65.4. The van der Waals surface area contributed by atoms with Crippen LogP contribution in [0.25, 0.3) is 0 Å². The molecule has 12 amide bonds. The Kier molecular flexibility index (Phi) is 51.5. The first-order valence-corrected chi connectivity index (χ1v) is 50.0. The van der Waals surface area contributed by atoms with Crippen molar-refractivity contribution in [3.05, 3.63) is 278 Å². The molecule has 726 valence electrons. The number of urea groups is 4. The Labute approximate surface area is 824 Å². The number of carboxylic acid groups (broad SMARTS) is 4. The van der Waals surface area contributed by atoms with Gasteiger partial charge in [-0.25, -0.2) is 38.4 Å². The summed E-state index contributed by atoms with van der Waals surface area (Å²) in [6, 6.07) is 50.8. The van der Waals surface area contributed by atoms with Crippen molar-refractivity contribution >= 4 is 119 Å². The Morgan fingerprint density at radius 2 is 0.562 bits per heavy atom. The Bertz CT molecular complexity index is 5660. The van der Waals surface area contributed by atoms with E-state index in [0.717, 1.165) is 76.0 Å². The van der Waals surface area contributed by atoms with E-state index >= 15 is 0 Å². The maximum atomic E-state index is 13.2. The number of benzene rings is 8. The van der Waals surface area contributed by atoms with Crippen molar-refractivity contribution in [3.8, 4) is 53.1 Å². The summed E-state index contributed by atoms with van der Waals surface area (Å²) >= 11 is 5.84. The van der Waals surface area contributed by atoms with Crippen molar-refractivity contribution < 1.29 is 82.7 Å². The Morgan fingerprint density at radius 3 is 0.839 bits per heavy atom. The zero-order valence-corrected chi connectivity index (χ0v) is 84.2. The van der Waals surface area contributed by atoms with E-state index in [-0.39, 0.29) is 49.2 Å². The van der Waals surface area contributed by atoms with Crippen molar-refractivity contribution in [3.63, 3.8) is 0 Å². The van der Waals surface area contributed by atoms with Gasteiger partial charge in [0, 0.05) is 110 Å². The minimum absolute atomic E-state index is 0.160. The first kappa shape index (κ1) is 114. The fraction of sp³-hybridized carbons (Fsp3) is 0.370. The number of ether oxygens (including phenoxy) is 1. The lowest BCUT2D eigenvalue weighted by Crippen LogP contribution is -2.51. The molecule has 0 bridgehead atoms. The van der Waals surface area contributed by atoms with Crippen molar-refractivity contribution in [1.29, 1.82) is 0 Å². The van der Waals surface area contributed by atoms with Crippen molar-refractivity contribution in [1.82, 2.24) is 40.9 Å². The normalized spacial score (nSPS) is 11.3. The molecule has 8 N–H and O–H groups in total. The van der Waals surface area contributed by atoms with Gasteiger partial charge in [-0.05, 0) is 220 Å². The highest BCUT2D eigenvalue weighted by Crippen LogP contribution is 2.22. The molecule has 0 spiro atoms. The van der Waals surface area contributed by atoms with Crippen LogP contribution in [-0.4, -0.2) is 215 Å². The highest BCUT2D eigenvalue weighted by Gasteiger charge is 2.33. The fourth-order valence-corrected chi connectivity index (χ4v) is 16.6. The molecule has 0 aliphatic carbocycles. The summed E-state index contributed by atoms with van der Waals surface area (Å²) in [5.74, 6) is 24.4. The van der Waals surface area contributed by atoms with Crippen LogP contribution in [0, 0.1) is 91.8 Å². The van der Waals surface area contributed by atoms with E-state index in [9.17, 15) is 78.0 Å². The molecule has 0 aliphatic heterocycles. The van der Waals surface area contributed by atoms with Gasteiger partial charge in [0.1, 0.15) is 29.9 Å². The van der Waals surface area contributed by atoms with Crippen LogP contribution in [-0.2, 0) is 19.2 Å². The van der Waals surface area contributed by atoms with Gasteiger partial charge < -0.3 is 46.4 Å². The van der Waals surface area contributed by atoms with Crippen molar-refractivity contribution in [2.45, 2.75) is 154 Å². The smallest absolute Gasteiger partial charge is 0.327 e. The lowest BCUT2D eigenvalue weighted by molar-refractivity contribution is -0.139. The molecule has 0 aromatic heterocycles. The second-order valence-corrected chi connectivity index (χ2v) is 37.8. The van der Waals surface area contributed by atoms with Crippen LogP contribution in [0.3, 0.4) is 0 Å². The van der Waals surface area contributed by atoms with E-state index in [1.807, 2.05) is 201 Å². The van der Waals surface area contributed by atoms with Gasteiger partial charge in [-0.3, -0.25) is 38.8 Å². The van der Waals surface area contributed by atoms with Crippen molar-refractivity contribution in [2.24, 2.45) is 23.7 Å². The number of nitrogens with zero attached hydrogens (tertiary/aromatic N) is 4. The molecule has 0 radical (unpaired) electrons. The fourth-order valence-electron chi connectivity index (χ4n) is 12.3. The third kappa shape index (κ3) is 41.9. The number of amides is 12. The van der Waals surface area contributed by atoms with Crippen LogP contribution in [0.4, 0.5) is 19.2 Å². The van der Waals surface area contributed by atoms with Gasteiger partial charge in [0.15, 0.2) is 0 Å². The lowest BCUT2D eigenvalue weighted by atomic mass is 10.1. The van der Waals surface area contributed by atoms with Gasteiger partial charge in [-0.2, -0.15) is 47.0 Å². The number of rotatable bonds is 37. The molecule has 0 saturated heterocycles. The predicted molar refractivity (Wildman–Crippen MR) is 550 cm³/mol. The summed E-state index contributed by atoms with van der Waals surface area (Å²) in [5, 5.41) is 48.1. The molecule has 137 heavy (non-hydrogen) atoms. The summed E-state index contributed by atoms with van der Waals surface area (Å²) < 4.78 is 5.31. The third-order valence-electron chi connectivity index (χ3n) is 19.2. The molecule has 29 heteroatoms. The summed E-state index contributed by atoms with van der Waals surface area (Å²) in [5.41, 5.74) is 10.5. The lowest BCUT2D eigenvalue weighted by Gasteiger charge is -2.23. The van der Waals surface area contributed by atoms with Gasteiger partial charge in [0.2, 0.25) is 0 Å². The molecule has 8 aromatic carbocycles. The maximum Gasteiger partial charge on any atom is 0.327 e. The maximum absolute atomic E-state index is 13.2. The van der Waals surface area contributed by atoms with Crippen LogP contribution in [0.1, 0.15) is 211 Å². The highest BCUT2D eigenvalue weighted by molar-refractivity contribution is 8.00. The minimum Gasteiger partial charge on any atom is -0.495 e. The Balaban J connectivity index is 0.000000323. The number of nitrogens with one attached hydrogen (secondary N) is 4. The number of hydrogen-bond donors (Lipinski definition) is 8. The van der Waals surface area contributed by atoms with Gasteiger partial charge in [0.05, 0.1) is 12.7 Å². The SMILES string of the molecule is CCCN(C(=O)N[C@@H](CSCC(C)C)C(=O)O)C(=O)c1cccc(C#Cc2ccc(C)cc2)c1.CCCN(C(=O)N[C@@H](CSCC(C)C)C(=O)O)C(=O)c1cccc(C#Cc2cccc(C)c2)c1.CCCN(C(=O)N[C@@H](CSCC(C)C)C(=O)O)C(=O)c1cccc(C#Cc2ccccc2C)c1.CCCN(C(=O)N[C@@H](CSCC(C)C)C(=O)O)C(=O)c1cccc(C#Cc2ccccc2OC)c1. The second-order valence-electron chi connectivity index (χ2n) is 33.5. The summed E-state index contributed by atoms with van der Waals surface area (Å²) in [4.78, 5) is 155. The molecule has 0 fully saturated rings. The van der Waals surface area contributed by atoms with Crippen LogP contribution in [0.2, 0.25) is 0 Å². The Hall–Kier alpha value is -13.2. The van der Waals surface area contributed by atoms with Gasteiger partial charge in [0.25, 0.3) is 23.6 Å². The quantitative estimate of drug-likeness (QED) is 0.0168. The van der Waals surface area contributed by atoms with Crippen LogP contribution < -0.4 is 26.0 Å². The number of hydrogen-bond acceptors (Lipinski definition) is 17. The molecular formula is C108H128N8O17S4. The number of carbonyl (C=O) groups excluding carboxylic acids is 8. The molecular weight excluding hydrogens is 1810 g/mol. The number of carbonyl (C=O) groups is 12. The second kappa shape index (κ2) is 61.8. The number of thioether (sulfide) groups is 4. The van der Waals surface area contributed by atoms with E-state index in [1.165, 1.54) is 47.0 Å². The number of para-hydroxylation sites is 1. The molecule has 8 aromatic rings. The van der Waals surface area contributed by atoms with E-state index in [4.69, 9.17) is 4.74 Å². The average molecular weight is 1940 g/mol. The molecule has 25 nitrogen and oxygen atoms in total. The number of aliphatic carboxylic acids is 4. The summed E-state index contributed by atoms with van der Waals surface area (Å²) in [7, 11) is 1.57. The third-order valence-corrected chi connectivity index (χ3v) is 25.1. The largest absolute Gasteiger partial charge is 0.495 e. The molecule has 8 rings (SSSR count). The first-order valence-electron chi connectivity index (χ1n) is 45.4. The van der Waals surface area contributed by atoms with Crippen LogP contribution in [0.5, 0.6) is 5.75 Å². The van der Waals surface area contributed by atoms with Gasteiger partial charge in [-0.1, -0.05) is 215 Å². The summed E-state index contributed by atoms with van der Waals surface area (Å²) in [6.07, 6.45) is 2.18. The Morgan fingerprint density at radius 1 is 0.299 bits per heavy atom. The van der Waals surface area contributed by atoms with E-state index in [0.29, 0.717) is 105 Å². The van der Waals surface area contributed by atoms with E-state index in [2.05, 4.69) is 68.6 Å². The zero-order chi connectivity index (χ0) is 101. The van der Waals surface area contributed by atoms with Crippen LogP contribution >= 0.6 is 47.0 Å². The molecule has 0 aliphatic rings. The standard InChI is InChI=1S/C27H32N2O5S.3C27H32N2O4S/c1-5-15-29(27(33)28-23(26(31)32)18-35-17-19(2)3)25(30)22-11-8-9-20(16-22)13-14-21-10-6-7-12-24(21)34-4;1-5-14-29(27(33)28-24(26(31)32)18-34-17-19(2)3)25(30)23-11-7-10-22(16-23)13-12-21-9-6-8-20(4)15-21;1-5-15-29(27(33)28-24(26(31)32)18-34-17-19(2)3)25(30)23-12-8-10-21(16-23)13-14-22-11-7-6-9-20(22)4;1-5-15-29(27(33)28-24(26(31)32)18-34-17-19(2)3)25(30)23-8-6-7-22(16-23)14-13-21-11-9-20(4)10-12-21/h6-12,16,19,23H,5,15,17-18H2,1-4H3,(H,28,33)(H,31,32);6-11,15-16,19,24H,5,14,17-18H2,1-4H3,(H,28,33)(H,31,32);2*6-12,16,19,24H,5,15,17-18H2,1-4H3,(H,28,33)(H,31,32)/t23-;3*24-/m0000/s1. The topological polar surface area (TPSA) is 356 Å². The highest BCUT2D eigenvalue weighted by atomic mass is 32.2. The number of carboxylic acids is 4. The van der Waals surface area contributed by atoms with E-state index < -0.39 is 95.8 Å². The van der Waals surface area contributed by atoms with Crippen molar-refractivity contribution in [2.75, 3.05) is 79.3 Å². The molecule has 0 heterocycles. The minimum atomic E-state index is -1.13. The number of imide groups is 4. The molecule has 4 atom stereocenters. The predicted octanol–water partition coefficient (Wildman–Crippen LogP) is 18.9. The molecule has 0 saturated carbocycles. The van der Waals surface area contributed by atoms with Crippen LogP contribution in [0.15, 0.2) is 194 Å². The monoisotopic (exact) mass is 1940 g/mol. The molecule has 0 unspecified atom stereocenters. The zero-order valence-electron chi connectivity index (χ0n) is 80.9. The number of methoxy groups -OCH3 is 1. The summed E-state index contributed by atoms with van der Waals surface area (Å²) in [6.45, 7) is 30.4.